The monoisotopic (exact) mass is 295 g/mol. The van der Waals surface area contributed by atoms with Crippen molar-refractivity contribution < 1.29 is 14.7 Å². The molecule has 0 unspecified atom stereocenters. The quantitative estimate of drug-likeness (QED) is 0.897. The molecular formula is C15H18ClNO3. The Morgan fingerprint density at radius 3 is 2.45 bits per heavy atom. The Morgan fingerprint density at radius 2 is 2.00 bits per heavy atom. The van der Waals surface area contributed by atoms with Crippen molar-refractivity contribution in [3.63, 3.8) is 0 Å². The number of carbonyl (C=O) groups is 2. The number of carboxylic acids is 1. The van der Waals surface area contributed by atoms with Crippen LogP contribution in [0.25, 0.3) is 0 Å². The number of hydrogen-bond acceptors (Lipinski definition) is 2. The first-order valence-electron chi connectivity index (χ1n) is 6.60. The third kappa shape index (κ3) is 2.52. The average Bonchev–Trinajstić information content (AvgIpc) is 2.26. The minimum absolute atomic E-state index is 0.238. The number of aliphatic carboxylic acids is 1. The zero-order valence-electron chi connectivity index (χ0n) is 11.6. The summed E-state index contributed by atoms with van der Waals surface area (Å²) < 4.78 is 0. The molecule has 0 atom stereocenters. The first kappa shape index (κ1) is 14.9. The van der Waals surface area contributed by atoms with Crippen LogP contribution in [-0.4, -0.2) is 22.5 Å². The van der Waals surface area contributed by atoms with Crippen LogP contribution in [0.5, 0.6) is 0 Å². The fourth-order valence-corrected chi connectivity index (χ4v) is 2.61. The Labute approximate surface area is 123 Å². The maximum atomic E-state index is 12.6. The molecule has 1 aliphatic rings. The molecule has 0 aliphatic heterocycles. The van der Waals surface area contributed by atoms with E-state index in [4.69, 9.17) is 16.7 Å². The van der Waals surface area contributed by atoms with Gasteiger partial charge in [-0.1, -0.05) is 30.2 Å². The van der Waals surface area contributed by atoms with Gasteiger partial charge in [-0.15, -0.1) is 0 Å². The Balaban J connectivity index is 2.28. The molecule has 0 aromatic heterocycles. The molecule has 2 N–H and O–H groups in total. The van der Waals surface area contributed by atoms with E-state index in [2.05, 4.69) is 5.32 Å². The lowest BCUT2D eigenvalue weighted by Crippen LogP contribution is -2.58. The first-order valence-corrected chi connectivity index (χ1v) is 6.98. The smallest absolute Gasteiger partial charge is 0.328 e. The number of amides is 1. The lowest BCUT2D eigenvalue weighted by molar-refractivity contribution is -0.147. The average molecular weight is 296 g/mol. The standard InChI is InChI=1S/C15H18ClNO3/c1-14(2,13(19)20)17-12(18)15(7-4-8-15)10-5-3-6-11(16)9-10/h3,5-6,9H,4,7-8H2,1-2H3,(H,17,18)(H,19,20). The van der Waals surface area contributed by atoms with E-state index in [1.807, 2.05) is 12.1 Å². The van der Waals surface area contributed by atoms with E-state index in [0.717, 1.165) is 24.8 Å². The summed E-state index contributed by atoms with van der Waals surface area (Å²) in [6.07, 6.45) is 2.39. The summed E-state index contributed by atoms with van der Waals surface area (Å²) in [4.78, 5) is 23.7. The summed E-state index contributed by atoms with van der Waals surface area (Å²) in [5, 5.41) is 12.3. The van der Waals surface area contributed by atoms with E-state index in [0.29, 0.717) is 5.02 Å². The fraction of sp³-hybridized carbons (Fsp3) is 0.467. The third-order valence-corrected chi connectivity index (χ3v) is 4.21. The van der Waals surface area contributed by atoms with Crippen LogP contribution in [0.15, 0.2) is 24.3 Å². The van der Waals surface area contributed by atoms with Crippen LogP contribution in [0.1, 0.15) is 38.7 Å². The van der Waals surface area contributed by atoms with Crippen molar-refractivity contribution in [2.75, 3.05) is 0 Å². The van der Waals surface area contributed by atoms with Crippen LogP contribution in [0.3, 0.4) is 0 Å². The first-order chi connectivity index (χ1) is 9.28. The van der Waals surface area contributed by atoms with Gasteiger partial charge in [-0.25, -0.2) is 4.79 Å². The van der Waals surface area contributed by atoms with Crippen molar-refractivity contribution in [3.05, 3.63) is 34.9 Å². The van der Waals surface area contributed by atoms with Gasteiger partial charge in [-0.3, -0.25) is 4.79 Å². The molecule has 108 valence electrons. The molecular weight excluding hydrogens is 278 g/mol. The molecule has 2 rings (SSSR count). The Hall–Kier alpha value is -1.55. The highest BCUT2D eigenvalue weighted by Crippen LogP contribution is 2.44. The van der Waals surface area contributed by atoms with Crippen LogP contribution < -0.4 is 5.32 Å². The highest BCUT2D eigenvalue weighted by atomic mass is 35.5. The van der Waals surface area contributed by atoms with Crippen LogP contribution in [0.4, 0.5) is 0 Å². The van der Waals surface area contributed by atoms with Crippen LogP contribution in [-0.2, 0) is 15.0 Å². The lowest BCUT2D eigenvalue weighted by atomic mass is 9.63. The van der Waals surface area contributed by atoms with Crippen molar-refractivity contribution in [2.45, 2.75) is 44.1 Å². The normalized spacial score (nSPS) is 17.1. The number of nitrogens with one attached hydrogen (secondary N) is 1. The second kappa shape index (κ2) is 5.09. The minimum atomic E-state index is -1.28. The Kier molecular flexibility index (Phi) is 3.78. The van der Waals surface area contributed by atoms with Gasteiger partial charge in [0, 0.05) is 5.02 Å². The molecule has 0 bridgehead atoms. The molecule has 1 saturated carbocycles. The summed E-state index contributed by atoms with van der Waals surface area (Å²) >= 11 is 5.99. The number of rotatable bonds is 4. The van der Waals surface area contributed by atoms with Crippen molar-refractivity contribution in [1.82, 2.24) is 5.32 Å². The van der Waals surface area contributed by atoms with Crippen LogP contribution >= 0.6 is 11.6 Å². The molecule has 4 nitrogen and oxygen atoms in total. The van der Waals surface area contributed by atoms with Gasteiger partial charge < -0.3 is 10.4 Å². The second-order valence-electron chi connectivity index (χ2n) is 5.83. The Bertz CT molecular complexity index is 550. The predicted molar refractivity (Wildman–Crippen MR) is 76.8 cm³/mol. The van der Waals surface area contributed by atoms with Crippen molar-refractivity contribution >= 4 is 23.5 Å². The molecule has 0 radical (unpaired) electrons. The summed E-state index contributed by atoms with van der Waals surface area (Å²) in [5.74, 6) is -1.29. The third-order valence-electron chi connectivity index (χ3n) is 3.98. The molecule has 1 amide bonds. The van der Waals surface area contributed by atoms with Crippen molar-refractivity contribution in [2.24, 2.45) is 0 Å². The number of carboxylic acid groups (broad SMARTS) is 1. The van der Waals surface area contributed by atoms with Gasteiger partial charge in [0.25, 0.3) is 0 Å². The predicted octanol–water partition coefficient (Wildman–Crippen LogP) is 2.74. The molecule has 5 heteroatoms. The lowest BCUT2D eigenvalue weighted by Gasteiger charge is -2.42. The fourth-order valence-electron chi connectivity index (χ4n) is 2.42. The molecule has 1 aliphatic carbocycles. The van der Waals surface area contributed by atoms with Crippen LogP contribution in [0, 0.1) is 0 Å². The summed E-state index contributed by atoms with van der Waals surface area (Å²) in [6.45, 7) is 2.97. The topological polar surface area (TPSA) is 66.4 Å². The van der Waals surface area contributed by atoms with E-state index >= 15 is 0 Å². The zero-order chi connectivity index (χ0) is 15.0. The van der Waals surface area contributed by atoms with E-state index in [1.165, 1.54) is 13.8 Å². The van der Waals surface area contributed by atoms with Gasteiger partial charge in [-0.2, -0.15) is 0 Å². The Morgan fingerprint density at radius 1 is 1.35 bits per heavy atom. The minimum Gasteiger partial charge on any atom is -0.480 e. The number of hydrogen-bond donors (Lipinski definition) is 2. The van der Waals surface area contributed by atoms with Crippen molar-refractivity contribution in [3.8, 4) is 0 Å². The van der Waals surface area contributed by atoms with E-state index < -0.39 is 16.9 Å². The summed E-state index contributed by atoms with van der Waals surface area (Å²) in [7, 11) is 0. The molecule has 1 fully saturated rings. The molecule has 1 aromatic rings. The van der Waals surface area contributed by atoms with Gasteiger partial charge >= 0.3 is 5.97 Å². The van der Waals surface area contributed by atoms with Gasteiger partial charge in [0.05, 0.1) is 5.41 Å². The van der Waals surface area contributed by atoms with Crippen LogP contribution in [0.2, 0.25) is 5.02 Å². The molecule has 0 spiro atoms. The maximum Gasteiger partial charge on any atom is 0.328 e. The zero-order valence-corrected chi connectivity index (χ0v) is 12.3. The van der Waals surface area contributed by atoms with Gasteiger partial charge in [0.2, 0.25) is 5.91 Å². The second-order valence-corrected chi connectivity index (χ2v) is 6.27. The number of benzene rings is 1. The van der Waals surface area contributed by atoms with E-state index in [9.17, 15) is 9.59 Å². The SMILES string of the molecule is CC(C)(NC(=O)C1(c2cccc(Cl)c2)CCC1)C(=O)O. The molecule has 20 heavy (non-hydrogen) atoms. The molecule has 1 aromatic carbocycles. The summed E-state index contributed by atoms with van der Waals surface area (Å²) in [5.41, 5.74) is -1.06. The summed E-state index contributed by atoms with van der Waals surface area (Å²) in [6, 6.07) is 7.23. The maximum absolute atomic E-state index is 12.6. The van der Waals surface area contributed by atoms with Gasteiger partial charge in [0.15, 0.2) is 0 Å². The highest BCUT2D eigenvalue weighted by molar-refractivity contribution is 6.30. The largest absolute Gasteiger partial charge is 0.480 e. The van der Waals surface area contributed by atoms with Gasteiger partial charge in [0.1, 0.15) is 5.54 Å². The van der Waals surface area contributed by atoms with Gasteiger partial charge in [-0.05, 0) is 44.4 Å². The van der Waals surface area contributed by atoms with E-state index in [1.54, 1.807) is 12.1 Å². The molecule has 0 saturated heterocycles. The van der Waals surface area contributed by atoms with Crippen molar-refractivity contribution in [1.29, 1.82) is 0 Å². The molecule has 0 heterocycles. The van der Waals surface area contributed by atoms with E-state index in [-0.39, 0.29) is 5.91 Å². The number of carbonyl (C=O) groups excluding carboxylic acids is 1. The highest BCUT2D eigenvalue weighted by Gasteiger charge is 2.47. The number of halogens is 1.